The van der Waals surface area contributed by atoms with Crippen molar-refractivity contribution in [3.63, 3.8) is 0 Å². The third-order valence-electron chi connectivity index (χ3n) is 3.33. The first-order chi connectivity index (χ1) is 12.0. The average Bonchev–Trinajstić information content (AvgIpc) is 2.61. The SMILES string of the molecule is O=C(Nc1ccc(Cl)c(Cl)c1)c1ccc(Nc2ccccc2F)cn1. The lowest BCUT2D eigenvalue weighted by molar-refractivity contribution is 0.102. The van der Waals surface area contributed by atoms with E-state index in [2.05, 4.69) is 15.6 Å². The van der Waals surface area contributed by atoms with Crippen LogP contribution in [0.4, 0.5) is 21.5 Å². The molecule has 0 aliphatic heterocycles. The van der Waals surface area contributed by atoms with Crippen LogP contribution in [0.1, 0.15) is 10.5 Å². The van der Waals surface area contributed by atoms with Gasteiger partial charge in [0.05, 0.1) is 27.6 Å². The van der Waals surface area contributed by atoms with Crippen molar-refractivity contribution >= 4 is 46.2 Å². The van der Waals surface area contributed by atoms with Crippen molar-refractivity contribution in [1.29, 1.82) is 0 Å². The normalized spacial score (nSPS) is 10.4. The molecule has 25 heavy (non-hydrogen) atoms. The fourth-order valence-electron chi connectivity index (χ4n) is 2.09. The summed E-state index contributed by atoms with van der Waals surface area (Å²) in [5, 5.41) is 6.33. The number of nitrogens with zero attached hydrogens (tertiary/aromatic N) is 1. The van der Waals surface area contributed by atoms with E-state index in [-0.39, 0.29) is 11.5 Å². The molecular weight excluding hydrogens is 364 g/mol. The van der Waals surface area contributed by atoms with E-state index >= 15 is 0 Å². The molecule has 0 radical (unpaired) electrons. The van der Waals surface area contributed by atoms with Gasteiger partial charge in [-0.3, -0.25) is 4.79 Å². The van der Waals surface area contributed by atoms with Crippen LogP contribution >= 0.6 is 23.2 Å². The summed E-state index contributed by atoms with van der Waals surface area (Å²) < 4.78 is 13.6. The molecule has 0 saturated heterocycles. The van der Waals surface area contributed by atoms with E-state index in [1.54, 1.807) is 42.5 Å². The molecule has 7 heteroatoms. The van der Waals surface area contributed by atoms with Gasteiger partial charge in [0, 0.05) is 5.69 Å². The monoisotopic (exact) mass is 375 g/mol. The van der Waals surface area contributed by atoms with Gasteiger partial charge < -0.3 is 10.6 Å². The summed E-state index contributed by atoms with van der Waals surface area (Å²) in [6.07, 6.45) is 1.45. The maximum absolute atomic E-state index is 13.6. The van der Waals surface area contributed by atoms with Crippen LogP contribution in [0.15, 0.2) is 60.8 Å². The van der Waals surface area contributed by atoms with Crippen molar-refractivity contribution in [2.24, 2.45) is 0 Å². The zero-order chi connectivity index (χ0) is 17.8. The van der Waals surface area contributed by atoms with Gasteiger partial charge in [-0.25, -0.2) is 9.37 Å². The Balaban J connectivity index is 1.70. The van der Waals surface area contributed by atoms with Crippen LogP contribution in [-0.2, 0) is 0 Å². The minimum atomic E-state index is -0.393. The first-order valence-electron chi connectivity index (χ1n) is 7.27. The van der Waals surface area contributed by atoms with Crippen molar-refractivity contribution in [1.82, 2.24) is 4.98 Å². The second kappa shape index (κ2) is 7.51. The van der Waals surface area contributed by atoms with Crippen LogP contribution in [0.3, 0.4) is 0 Å². The van der Waals surface area contributed by atoms with Gasteiger partial charge in [0.15, 0.2) is 0 Å². The molecule has 0 spiro atoms. The van der Waals surface area contributed by atoms with Gasteiger partial charge in [0.2, 0.25) is 0 Å². The molecule has 0 atom stereocenters. The Kier molecular flexibility index (Phi) is 5.16. The predicted molar refractivity (Wildman–Crippen MR) is 98.3 cm³/mol. The van der Waals surface area contributed by atoms with Crippen molar-refractivity contribution in [3.8, 4) is 0 Å². The average molecular weight is 376 g/mol. The lowest BCUT2D eigenvalue weighted by Crippen LogP contribution is -2.13. The second-order valence-corrected chi connectivity index (χ2v) is 5.93. The lowest BCUT2D eigenvalue weighted by Gasteiger charge is -2.08. The highest BCUT2D eigenvalue weighted by molar-refractivity contribution is 6.42. The van der Waals surface area contributed by atoms with Gasteiger partial charge in [-0.15, -0.1) is 0 Å². The van der Waals surface area contributed by atoms with Gasteiger partial charge in [-0.1, -0.05) is 35.3 Å². The summed E-state index contributed by atoms with van der Waals surface area (Å²) >= 11 is 11.8. The second-order valence-electron chi connectivity index (χ2n) is 5.12. The third-order valence-corrected chi connectivity index (χ3v) is 4.07. The summed E-state index contributed by atoms with van der Waals surface area (Å²) in [6.45, 7) is 0. The number of aromatic nitrogens is 1. The quantitative estimate of drug-likeness (QED) is 0.630. The number of halogens is 3. The molecule has 3 rings (SSSR count). The number of hydrogen-bond donors (Lipinski definition) is 2. The molecule has 0 aliphatic rings. The third kappa shape index (κ3) is 4.26. The van der Waals surface area contributed by atoms with Crippen LogP contribution in [-0.4, -0.2) is 10.9 Å². The molecule has 126 valence electrons. The predicted octanol–water partition coefficient (Wildman–Crippen LogP) is 5.52. The van der Waals surface area contributed by atoms with E-state index in [4.69, 9.17) is 23.2 Å². The summed E-state index contributed by atoms with van der Waals surface area (Å²) in [7, 11) is 0. The van der Waals surface area contributed by atoms with Gasteiger partial charge in [0.25, 0.3) is 5.91 Å². The molecular formula is C18H12Cl2FN3O. The molecule has 0 fully saturated rings. The molecule has 3 aromatic rings. The smallest absolute Gasteiger partial charge is 0.274 e. The maximum Gasteiger partial charge on any atom is 0.274 e. The number of hydrogen-bond acceptors (Lipinski definition) is 3. The standard InChI is InChI=1S/C18H12Cl2FN3O/c19-13-7-5-11(9-14(13)20)24-18(25)17-8-6-12(10-22-17)23-16-4-2-1-3-15(16)21/h1-10,23H,(H,24,25). The van der Waals surface area contributed by atoms with E-state index in [9.17, 15) is 9.18 Å². The van der Waals surface area contributed by atoms with E-state index < -0.39 is 5.91 Å². The topological polar surface area (TPSA) is 54.0 Å². The summed E-state index contributed by atoms with van der Waals surface area (Å²) in [5.41, 5.74) is 1.62. The number of rotatable bonds is 4. The number of pyridine rings is 1. The van der Waals surface area contributed by atoms with Crippen molar-refractivity contribution in [3.05, 3.63) is 82.4 Å². The molecule has 1 aromatic heterocycles. The van der Waals surface area contributed by atoms with Crippen molar-refractivity contribution < 1.29 is 9.18 Å². The maximum atomic E-state index is 13.6. The zero-order valence-electron chi connectivity index (χ0n) is 12.8. The van der Waals surface area contributed by atoms with Crippen LogP contribution in [0.2, 0.25) is 10.0 Å². The molecule has 4 nitrogen and oxygen atoms in total. The Hall–Kier alpha value is -2.63. The molecule has 0 saturated carbocycles. The Morgan fingerprint density at radius 2 is 1.72 bits per heavy atom. The lowest BCUT2D eigenvalue weighted by atomic mass is 10.2. The summed E-state index contributed by atoms with van der Waals surface area (Å²) in [5.74, 6) is -0.764. The Morgan fingerprint density at radius 1 is 0.960 bits per heavy atom. The minimum Gasteiger partial charge on any atom is -0.352 e. The number of para-hydroxylation sites is 1. The van der Waals surface area contributed by atoms with Gasteiger partial charge in [-0.2, -0.15) is 0 Å². The minimum absolute atomic E-state index is 0.213. The first-order valence-corrected chi connectivity index (χ1v) is 8.02. The number of amides is 1. The molecule has 1 amide bonds. The number of carbonyl (C=O) groups excluding carboxylic acids is 1. The van der Waals surface area contributed by atoms with Gasteiger partial charge in [-0.05, 0) is 42.5 Å². The fourth-order valence-corrected chi connectivity index (χ4v) is 2.39. The molecule has 0 bridgehead atoms. The van der Waals surface area contributed by atoms with Gasteiger partial charge in [0.1, 0.15) is 11.5 Å². The van der Waals surface area contributed by atoms with Crippen molar-refractivity contribution in [2.45, 2.75) is 0 Å². The van der Waals surface area contributed by atoms with E-state index in [1.807, 2.05) is 0 Å². The summed E-state index contributed by atoms with van der Waals surface area (Å²) in [6, 6.07) is 14.3. The number of anilines is 3. The highest BCUT2D eigenvalue weighted by Crippen LogP contribution is 2.25. The Labute approximate surface area is 153 Å². The highest BCUT2D eigenvalue weighted by atomic mass is 35.5. The molecule has 0 unspecified atom stereocenters. The van der Waals surface area contributed by atoms with E-state index in [0.29, 0.717) is 27.1 Å². The van der Waals surface area contributed by atoms with E-state index in [0.717, 1.165) is 0 Å². The molecule has 1 heterocycles. The molecule has 2 N–H and O–H groups in total. The van der Waals surface area contributed by atoms with E-state index in [1.165, 1.54) is 18.3 Å². The van der Waals surface area contributed by atoms with Gasteiger partial charge >= 0.3 is 0 Å². The van der Waals surface area contributed by atoms with Crippen molar-refractivity contribution in [2.75, 3.05) is 10.6 Å². The van der Waals surface area contributed by atoms with Crippen LogP contribution in [0, 0.1) is 5.82 Å². The summed E-state index contributed by atoms with van der Waals surface area (Å²) in [4.78, 5) is 16.3. The Bertz CT molecular complexity index is 916. The highest BCUT2D eigenvalue weighted by Gasteiger charge is 2.09. The van der Waals surface area contributed by atoms with Crippen LogP contribution in [0.25, 0.3) is 0 Å². The number of nitrogens with one attached hydrogen (secondary N) is 2. The Morgan fingerprint density at radius 3 is 2.40 bits per heavy atom. The molecule has 0 aliphatic carbocycles. The zero-order valence-corrected chi connectivity index (χ0v) is 14.3. The van der Waals surface area contributed by atoms with Crippen LogP contribution in [0.5, 0.6) is 0 Å². The largest absolute Gasteiger partial charge is 0.352 e. The molecule has 2 aromatic carbocycles. The fraction of sp³-hybridized carbons (Fsp3) is 0. The first kappa shape index (κ1) is 17.2. The number of carbonyl (C=O) groups is 1. The number of benzene rings is 2. The van der Waals surface area contributed by atoms with Crippen LogP contribution < -0.4 is 10.6 Å².